The van der Waals surface area contributed by atoms with E-state index in [1.807, 2.05) is 6.92 Å². The van der Waals surface area contributed by atoms with Crippen LogP contribution in [0.1, 0.15) is 40.0 Å². The van der Waals surface area contributed by atoms with Crippen LogP contribution >= 0.6 is 0 Å². The fourth-order valence-electron chi connectivity index (χ4n) is 3.22. The van der Waals surface area contributed by atoms with Crippen molar-refractivity contribution in [3.8, 4) is 6.07 Å². The molecule has 2 rings (SSSR count). The van der Waals surface area contributed by atoms with E-state index >= 15 is 0 Å². The summed E-state index contributed by atoms with van der Waals surface area (Å²) in [6.07, 6.45) is 1.65. The van der Waals surface area contributed by atoms with Crippen LogP contribution in [0.3, 0.4) is 0 Å². The number of nitrogens with one attached hydrogen (secondary N) is 1. The summed E-state index contributed by atoms with van der Waals surface area (Å²) in [5, 5.41) is 12.0. The third-order valence-corrected chi connectivity index (χ3v) is 4.89. The average molecular weight is 306 g/mol. The molecule has 22 heavy (non-hydrogen) atoms. The molecule has 0 unspecified atom stereocenters. The Kier molecular flexibility index (Phi) is 5.07. The number of nitriles is 1. The Morgan fingerprint density at radius 3 is 2.59 bits per heavy atom. The van der Waals surface area contributed by atoms with E-state index in [0.717, 1.165) is 6.54 Å². The molecule has 0 radical (unpaired) electrons. The van der Waals surface area contributed by atoms with Gasteiger partial charge in [-0.2, -0.15) is 5.26 Å². The molecule has 0 aromatic heterocycles. The fourth-order valence-corrected chi connectivity index (χ4v) is 3.22. The van der Waals surface area contributed by atoms with Gasteiger partial charge in [0.2, 0.25) is 11.8 Å². The molecule has 2 fully saturated rings. The van der Waals surface area contributed by atoms with E-state index < -0.39 is 0 Å². The van der Waals surface area contributed by atoms with Crippen LogP contribution in [0.4, 0.5) is 0 Å². The molecule has 0 aromatic carbocycles. The Hall–Kier alpha value is -1.61. The molecule has 0 aliphatic carbocycles. The summed E-state index contributed by atoms with van der Waals surface area (Å²) < 4.78 is 0. The Morgan fingerprint density at radius 2 is 2.05 bits per heavy atom. The van der Waals surface area contributed by atoms with Gasteiger partial charge in [0.15, 0.2) is 0 Å². The number of carbonyl (C=O) groups is 2. The standard InChI is InChI=1S/C16H26N4O2/c1-12(2)20-9-6-18-15(22)13(20)10-14(21)19-7-4-16(3,11-17)5-8-19/h12-13H,4-10H2,1-3H3,(H,18,22)/t13-/m0/s1. The first-order valence-corrected chi connectivity index (χ1v) is 8.09. The summed E-state index contributed by atoms with van der Waals surface area (Å²) in [5.74, 6) is -0.0279. The zero-order chi connectivity index (χ0) is 16.3. The summed E-state index contributed by atoms with van der Waals surface area (Å²) >= 11 is 0. The fraction of sp³-hybridized carbons (Fsp3) is 0.812. The van der Waals surface area contributed by atoms with Crippen molar-refractivity contribution >= 4 is 11.8 Å². The average Bonchev–Trinajstić information content (AvgIpc) is 2.49. The minimum absolute atomic E-state index is 0.0210. The van der Waals surface area contributed by atoms with Crippen molar-refractivity contribution in [1.82, 2.24) is 15.1 Å². The van der Waals surface area contributed by atoms with Crippen molar-refractivity contribution in [2.24, 2.45) is 5.41 Å². The summed E-state index contributed by atoms with van der Waals surface area (Å²) in [5.41, 5.74) is -0.317. The molecule has 2 heterocycles. The van der Waals surface area contributed by atoms with Crippen LogP contribution in [0.25, 0.3) is 0 Å². The lowest BCUT2D eigenvalue weighted by molar-refractivity contribution is -0.140. The third kappa shape index (κ3) is 3.58. The number of piperazine rings is 1. The molecule has 2 saturated heterocycles. The molecule has 0 saturated carbocycles. The van der Waals surface area contributed by atoms with Gasteiger partial charge in [-0.15, -0.1) is 0 Å². The largest absolute Gasteiger partial charge is 0.353 e. The summed E-state index contributed by atoms with van der Waals surface area (Å²) in [4.78, 5) is 28.5. The van der Waals surface area contributed by atoms with Crippen LogP contribution in [-0.2, 0) is 9.59 Å². The summed E-state index contributed by atoms with van der Waals surface area (Å²) in [7, 11) is 0. The zero-order valence-electron chi connectivity index (χ0n) is 13.8. The highest BCUT2D eigenvalue weighted by atomic mass is 16.2. The van der Waals surface area contributed by atoms with E-state index in [0.29, 0.717) is 32.5 Å². The normalized spacial score (nSPS) is 25.7. The first kappa shape index (κ1) is 16.8. The minimum atomic E-state index is -0.370. The second-order valence-corrected chi connectivity index (χ2v) is 6.90. The van der Waals surface area contributed by atoms with Gasteiger partial charge in [0.05, 0.1) is 23.9 Å². The number of likely N-dealkylation sites (tertiary alicyclic amines) is 1. The molecule has 1 atom stereocenters. The molecular weight excluding hydrogens is 280 g/mol. The molecule has 6 nitrogen and oxygen atoms in total. The lowest BCUT2D eigenvalue weighted by atomic mass is 9.82. The van der Waals surface area contributed by atoms with Crippen LogP contribution < -0.4 is 5.32 Å². The van der Waals surface area contributed by atoms with Gasteiger partial charge in [0, 0.05) is 32.2 Å². The van der Waals surface area contributed by atoms with E-state index in [2.05, 4.69) is 30.1 Å². The van der Waals surface area contributed by atoms with Crippen LogP contribution in [0.2, 0.25) is 0 Å². The Balaban J connectivity index is 1.96. The van der Waals surface area contributed by atoms with E-state index in [4.69, 9.17) is 5.26 Å². The maximum absolute atomic E-state index is 12.5. The van der Waals surface area contributed by atoms with Crippen LogP contribution in [0, 0.1) is 16.7 Å². The molecule has 2 aliphatic rings. The minimum Gasteiger partial charge on any atom is -0.353 e. The summed E-state index contributed by atoms with van der Waals surface area (Å²) in [6.45, 7) is 8.70. The van der Waals surface area contributed by atoms with Gasteiger partial charge in [0.25, 0.3) is 0 Å². The van der Waals surface area contributed by atoms with Crippen molar-refractivity contribution in [2.45, 2.75) is 52.1 Å². The molecule has 122 valence electrons. The molecule has 1 N–H and O–H groups in total. The monoisotopic (exact) mass is 306 g/mol. The number of hydrogen-bond donors (Lipinski definition) is 1. The number of nitrogens with zero attached hydrogens (tertiary/aromatic N) is 3. The van der Waals surface area contributed by atoms with Gasteiger partial charge in [-0.25, -0.2) is 0 Å². The predicted molar refractivity (Wildman–Crippen MR) is 82.8 cm³/mol. The number of piperidine rings is 1. The van der Waals surface area contributed by atoms with Crippen molar-refractivity contribution in [3.05, 3.63) is 0 Å². The smallest absolute Gasteiger partial charge is 0.237 e. The van der Waals surface area contributed by atoms with Crippen molar-refractivity contribution in [2.75, 3.05) is 26.2 Å². The summed E-state index contributed by atoms with van der Waals surface area (Å²) in [6, 6.07) is 2.21. The second kappa shape index (κ2) is 6.66. The third-order valence-electron chi connectivity index (χ3n) is 4.89. The van der Waals surface area contributed by atoms with Gasteiger partial charge in [-0.05, 0) is 33.6 Å². The molecule has 0 bridgehead atoms. The number of amides is 2. The Bertz CT molecular complexity index is 475. The maximum atomic E-state index is 12.5. The molecular formula is C16H26N4O2. The number of rotatable bonds is 3. The van der Waals surface area contributed by atoms with Crippen LogP contribution in [-0.4, -0.2) is 59.9 Å². The lowest BCUT2D eigenvalue weighted by Crippen LogP contribution is -2.58. The highest BCUT2D eigenvalue weighted by molar-refractivity contribution is 5.89. The van der Waals surface area contributed by atoms with Crippen molar-refractivity contribution < 1.29 is 9.59 Å². The molecule has 2 amide bonds. The maximum Gasteiger partial charge on any atom is 0.237 e. The number of carbonyl (C=O) groups excluding carboxylic acids is 2. The molecule has 0 aromatic rings. The first-order valence-electron chi connectivity index (χ1n) is 8.09. The lowest BCUT2D eigenvalue weighted by Gasteiger charge is -2.39. The highest BCUT2D eigenvalue weighted by Crippen LogP contribution is 2.30. The van der Waals surface area contributed by atoms with E-state index in [1.54, 1.807) is 4.90 Å². The Morgan fingerprint density at radius 1 is 1.41 bits per heavy atom. The molecule has 6 heteroatoms. The van der Waals surface area contributed by atoms with Gasteiger partial charge >= 0.3 is 0 Å². The predicted octanol–water partition coefficient (Wildman–Crippen LogP) is 0.738. The topological polar surface area (TPSA) is 76.4 Å². The molecule has 2 aliphatic heterocycles. The number of hydrogen-bond acceptors (Lipinski definition) is 4. The second-order valence-electron chi connectivity index (χ2n) is 6.90. The van der Waals surface area contributed by atoms with Gasteiger partial charge < -0.3 is 10.2 Å². The van der Waals surface area contributed by atoms with Crippen LogP contribution in [0.15, 0.2) is 0 Å². The molecule has 0 spiro atoms. The first-order chi connectivity index (χ1) is 10.4. The van der Waals surface area contributed by atoms with Gasteiger partial charge in [0.1, 0.15) is 0 Å². The zero-order valence-corrected chi connectivity index (χ0v) is 13.8. The van der Waals surface area contributed by atoms with Gasteiger partial charge in [-0.3, -0.25) is 14.5 Å². The van der Waals surface area contributed by atoms with Crippen molar-refractivity contribution in [1.29, 1.82) is 5.26 Å². The van der Waals surface area contributed by atoms with E-state index in [9.17, 15) is 9.59 Å². The SMILES string of the molecule is CC(C)N1CCNC(=O)[C@@H]1CC(=O)N1CCC(C)(C#N)CC1. The highest BCUT2D eigenvalue weighted by Gasteiger charge is 2.36. The van der Waals surface area contributed by atoms with Gasteiger partial charge in [-0.1, -0.05) is 0 Å². The Labute approximate surface area is 132 Å². The van der Waals surface area contributed by atoms with E-state index in [-0.39, 0.29) is 35.7 Å². The quantitative estimate of drug-likeness (QED) is 0.834. The van der Waals surface area contributed by atoms with E-state index in [1.165, 1.54) is 0 Å². The van der Waals surface area contributed by atoms with Crippen molar-refractivity contribution in [3.63, 3.8) is 0 Å². The van der Waals surface area contributed by atoms with Crippen LogP contribution in [0.5, 0.6) is 0 Å².